The Balaban J connectivity index is 1.87. The van der Waals surface area contributed by atoms with Gasteiger partial charge in [-0.1, -0.05) is 23.7 Å². The molecule has 6 nitrogen and oxygen atoms in total. The van der Waals surface area contributed by atoms with Crippen LogP contribution in [0, 0.1) is 0 Å². The number of hydrogen-bond acceptors (Lipinski definition) is 6. The largest absolute Gasteiger partial charge is 0.487 e. The first-order chi connectivity index (χ1) is 17.0. The SMILES string of the molecule is C=IC(F)(F)C(=C)/C=C(/C)c1nc(C(/C=C(/C)C(=C)N2CCOc3cnn(C)c3S2)=C/C)ccc1N. The second-order valence-corrected chi connectivity index (χ2v) is 11.2. The van der Waals surface area contributed by atoms with E-state index in [0.717, 1.165) is 27.6 Å². The summed E-state index contributed by atoms with van der Waals surface area (Å²) in [5, 5.41) is 5.17. The molecule has 36 heavy (non-hydrogen) atoms. The van der Waals surface area contributed by atoms with Gasteiger partial charge < -0.3 is 14.8 Å². The average Bonchev–Trinajstić information content (AvgIpc) is 3.06. The number of hydrogen-bond donors (Lipinski definition) is 1. The fourth-order valence-electron chi connectivity index (χ4n) is 3.45. The third kappa shape index (κ3) is 6.15. The predicted octanol–water partition coefficient (Wildman–Crippen LogP) is 6.62. The molecule has 2 N–H and O–H groups in total. The Labute approximate surface area is 225 Å². The molecule has 0 aliphatic carbocycles. The summed E-state index contributed by atoms with van der Waals surface area (Å²) >= 11 is -0.0362. The molecule has 0 spiro atoms. The number of rotatable bonds is 8. The Morgan fingerprint density at radius 3 is 2.67 bits per heavy atom. The molecule has 0 unspecified atom stereocenters. The van der Waals surface area contributed by atoms with Gasteiger partial charge in [0.05, 0.1) is 29.8 Å². The number of halogens is 3. The van der Waals surface area contributed by atoms with E-state index in [1.165, 1.54) is 18.0 Å². The van der Waals surface area contributed by atoms with Crippen LogP contribution >= 0.6 is 32.7 Å². The topological polar surface area (TPSA) is 69.2 Å². The fraction of sp³-hybridized carbons (Fsp3) is 0.269. The molecule has 0 atom stereocenters. The number of aromatic nitrogens is 3. The first-order valence-corrected chi connectivity index (χ1v) is 14.4. The van der Waals surface area contributed by atoms with Gasteiger partial charge in [0, 0.05) is 30.3 Å². The molecule has 1 aliphatic heterocycles. The highest BCUT2D eigenvalue weighted by Crippen LogP contribution is 2.38. The smallest absolute Gasteiger partial charge is 0.315 e. The van der Waals surface area contributed by atoms with Crippen LogP contribution in [0.1, 0.15) is 32.2 Å². The first-order valence-electron chi connectivity index (χ1n) is 11.0. The van der Waals surface area contributed by atoms with Gasteiger partial charge in [0.15, 0.2) is 10.8 Å². The molecule has 1 aliphatic rings. The minimum atomic E-state index is -2.98. The zero-order valence-corrected chi connectivity index (χ0v) is 23.8. The molecule has 0 bridgehead atoms. The Bertz CT molecular complexity index is 1300. The normalized spacial score (nSPS) is 15.3. The van der Waals surface area contributed by atoms with Crippen LogP contribution in [0.15, 0.2) is 71.6 Å². The van der Waals surface area contributed by atoms with Gasteiger partial charge in [-0.3, -0.25) is 4.68 Å². The summed E-state index contributed by atoms with van der Waals surface area (Å²) in [7, 11) is 1.87. The molecule has 192 valence electrons. The quantitative estimate of drug-likeness (QED) is 0.154. The van der Waals surface area contributed by atoms with E-state index in [1.807, 2.05) is 39.1 Å². The molecule has 2 aromatic heterocycles. The van der Waals surface area contributed by atoms with Crippen molar-refractivity contribution in [3.63, 3.8) is 0 Å². The van der Waals surface area contributed by atoms with Crippen molar-refractivity contribution in [3.8, 4) is 5.75 Å². The first kappa shape index (κ1) is 27.9. The van der Waals surface area contributed by atoms with Crippen molar-refractivity contribution >= 4 is 54.0 Å². The number of pyridine rings is 1. The molecule has 0 radical (unpaired) electrons. The maximum Gasteiger partial charge on any atom is 0.315 e. The number of alkyl halides is 3. The number of nitrogen functional groups attached to an aromatic ring is 1. The van der Waals surface area contributed by atoms with Crippen molar-refractivity contribution in [1.82, 2.24) is 19.1 Å². The van der Waals surface area contributed by atoms with Crippen LogP contribution in [0.3, 0.4) is 0 Å². The maximum atomic E-state index is 14.0. The van der Waals surface area contributed by atoms with Crippen LogP contribution < -0.4 is 10.5 Å². The highest BCUT2D eigenvalue weighted by atomic mass is 127. The summed E-state index contributed by atoms with van der Waals surface area (Å²) in [5.74, 6) is 0.758. The van der Waals surface area contributed by atoms with Gasteiger partial charge in [-0.05, 0) is 82.5 Å². The molecule has 2 aromatic rings. The lowest BCUT2D eigenvalue weighted by atomic mass is 10.0. The molecule has 0 saturated heterocycles. The van der Waals surface area contributed by atoms with Gasteiger partial charge in [0.2, 0.25) is 0 Å². The monoisotopic (exact) mass is 625 g/mol. The second-order valence-electron chi connectivity index (χ2n) is 8.12. The molecular formula is C26H30F2IN5OS. The number of fused-ring (bicyclic) bond motifs is 1. The highest BCUT2D eigenvalue weighted by molar-refractivity contribution is 14.2. The van der Waals surface area contributed by atoms with Crippen LogP contribution in [-0.2, 0) is 7.05 Å². The fourth-order valence-corrected chi connectivity index (χ4v) is 5.09. The number of nitrogens with zero attached hydrogens (tertiary/aromatic N) is 4. The van der Waals surface area contributed by atoms with E-state index in [2.05, 4.69) is 27.1 Å². The third-order valence-corrected chi connectivity index (χ3v) is 8.47. The van der Waals surface area contributed by atoms with Gasteiger partial charge in [0.25, 0.3) is 0 Å². The molecule has 0 saturated carbocycles. The molecule has 0 amide bonds. The molecule has 0 aromatic carbocycles. The highest BCUT2D eigenvalue weighted by Gasteiger charge is 2.28. The van der Waals surface area contributed by atoms with E-state index >= 15 is 0 Å². The van der Waals surface area contributed by atoms with Crippen molar-refractivity contribution in [2.24, 2.45) is 7.05 Å². The van der Waals surface area contributed by atoms with Crippen molar-refractivity contribution < 1.29 is 13.5 Å². The summed E-state index contributed by atoms with van der Waals surface area (Å²) in [6.07, 6.45) is 7.00. The summed E-state index contributed by atoms with van der Waals surface area (Å²) < 4.78 is 38.1. The van der Waals surface area contributed by atoms with Crippen molar-refractivity contribution in [3.05, 3.63) is 77.9 Å². The minimum absolute atomic E-state index is 0.275. The Morgan fingerprint density at radius 2 is 2.00 bits per heavy atom. The number of nitrogens with two attached hydrogens (primary N) is 1. The van der Waals surface area contributed by atoms with E-state index in [9.17, 15) is 8.78 Å². The summed E-state index contributed by atoms with van der Waals surface area (Å²) in [6.45, 7) is 14.6. The number of allylic oxidation sites excluding steroid dienone is 7. The number of aryl methyl sites for hydroxylation is 1. The molecule has 0 fully saturated rings. The van der Waals surface area contributed by atoms with Crippen molar-refractivity contribution in [1.29, 1.82) is 0 Å². The standard InChI is InChI=1S/C26H30F2IN5OS/c1-8-20(14-16(2)19(5)34-11-12-35-23-15-31-33(7)25(23)36-34)22-10-9-21(30)24(32-22)17(3)13-18(4)26(27,28)29-6/h8-10,13-15H,4-6,11-12,30H2,1-3,7H3/b16-14-,17-13-,20-8+. The van der Waals surface area contributed by atoms with E-state index in [-0.39, 0.29) is 5.57 Å². The lowest BCUT2D eigenvalue weighted by Gasteiger charge is -2.23. The second kappa shape index (κ2) is 11.5. The maximum absolute atomic E-state index is 14.0. The summed E-state index contributed by atoms with van der Waals surface area (Å²) in [4.78, 5) is 4.70. The van der Waals surface area contributed by atoms with Gasteiger partial charge in [-0.2, -0.15) is 13.9 Å². The molecule has 10 heteroatoms. The van der Waals surface area contributed by atoms with Crippen LogP contribution in [-0.4, -0.2) is 40.7 Å². The lowest BCUT2D eigenvalue weighted by molar-refractivity contribution is 0.174. The lowest BCUT2D eigenvalue weighted by Crippen LogP contribution is -2.20. The van der Waals surface area contributed by atoms with Gasteiger partial charge in [-0.25, -0.2) is 4.98 Å². The zero-order valence-electron chi connectivity index (χ0n) is 20.8. The average molecular weight is 626 g/mol. The van der Waals surface area contributed by atoms with Crippen molar-refractivity contribution in [2.75, 3.05) is 18.9 Å². The van der Waals surface area contributed by atoms with Crippen molar-refractivity contribution in [2.45, 2.75) is 29.7 Å². The summed E-state index contributed by atoms with van der Waals surface area (Å²) in [6, 6.07) is 3.55. The Kier molecular flexibility index (Phi) is 8.93. The van der Waals surface area contributed by atoms with Crippen LogP contribution in [0.5, 0.6) is 5.75 Å². The molecular weight excluding hydrogens is 595 g/mol. The van der Waals surface area contributed by atoms with Gasteiger partial charge in [0.1, 0.15) is 6.61 Å². The van der Waals surface area contributed by atoms with E-state index in [4.69, 9.17) is 15.5 Å². The minimum Gasteiger partial charge on any atom is -0.487 e. The van der Waals surface area contributed by atoms with E-state index in [1.54, 1.807) is 23.9 Å². The van der Waals surface area contributed by atoms with E-state index in [0.29, 0.717) is 35.8 Å². The third-order valence-electron chi connectivity index (χ3n) is 5.56. The number of ether oxygens (including phenoxy) is 1. The summed E-state index contributed by atoms with van der Waals surface area (Å²) in [5.41, 5.74) is 10.5. The zero-order chi connectivity index (χ0) is 26.6. The van der Waals surface area contributed by atoms with Crippen LogP contribution in [0.4, 0.5) is 14.5 Å². The molecule has 3 rings (SSSR count). The molecule has 3 heterocycles. The van der Waals surface area contributed by atoms with E-state index < -0.39 is 24.7 Å². The van der Waals surface area contributed by atoms with Gasteiger partial charge in [-0.15, -0.1) is 0 Å². The van der Waals surface area contributed by atoms with Crippen LogP contribution in [0.2, 0.25) is 0 Å². The van der Waals surface area contributed by atoms with Gasteiger partial charge >= 0.3 is 3.93 Å². The van der Waals surface area contributed by atoms with Crippen LogP contribution in [0.25, 0.3) is 11.1 Å². The Morgan fingerprint density at radius 1 is 1.28 bits per heavy atom. The predicted molar refractivity (Wildman–Crippen MR) is 155 cm³/mol. The Hall–Kier alpha value is -2.73. The number of anilines is 1.